The van der Waals surface area contributed by atoms with Crippen molar-refractivity contribution in [2.75, 3.05) is 13.2 Å². The van der Waals surface area contributed by atoms with Gasteiger partial charge in [0.1, 0.15) is 0 Å². The van der Waals surface area contributed by atoms with E-state index in [1.165, 1.54) is 0 Å². The number of hydrogen-bond acceptors (Lipinski definition) is 3. The van der Waals surface area contributed by atoms with Gasteiger partial charge in [0, 0.05) is 12.0 Å². The fourth-order valence-electron chi connectivity index (χ4n) is 1.98. The first-order valence-electron chi connectivity index (χ1n) is 6.35. The van der Waals surface area contributed by atoms with Crippen molar-refractivity contribution in [1.82, 2.24) is 0 Å². The molecule has 0 radical (unpaired) electrons. The minimum absolute atomic E-state index is 0.0922. The highest BCUT2D eigenvalue weighted by molar-refractivity contribution is 5.44. The molecule has 2 unspecified atom stereocenters. The summed E-state index contributed by atoms with van der Waals surface area (Å²) in [4.78, 5) is 0. The van der Waals surface area contributed by atoms with E-state index >= 15 is 0 Å². The van der Waals surface area contributed by atoms with Crippen LogP contribution in [0.4, 0.5) is 0 Å². The quantitative estimate of drug-likeness (QED) is 0.876. The van der Waals surface area contributed by atoms with Gasteiger partial charge in [-0.3, -0.25) is 0 Å². The van der Waals surface area contributed by atoms with Crippen molar-refractivity contribution < 1.29 is 9.47 Å². The van der Waals surface area contributed by atoms with Crippen LogP contribution in [0.1, 0.15) is 38.3 Å². The topological polar surface area (TPSA) is 44.5 Å². The van der Waals surface area contributed by atoms with Crippen LogP contribution >= 0.6 is 0 Å². The van der Waals surface area contributed by atoms with Gasteiger partial charge >= 0.3 is 0 Å². The Hall–Kier alpha value is -1.22. The first-order valence-corrected chi connectivity index (χ1v) is 6.35. The van der Waals surface area contributed by atoms with Crippen LogP contribution in [0.5, 0.6) is 11.5 Å². The van der Waals surface area contributed by atoms with Gasteiger partial charge in [0.2, 0.25) is 0 Å². The van der Waals surface area contributed by atoms with Gasteiger partial charge < -0.3 is 15.2 Å². The molecule has 2 N–H and O–H groups in total. The molecule has 0 spiro atoms. The molecular weight excluding hydrogens is 214 g/mol. The molecule has 1 heterocycles. The Morgan fingerprint density at radius 2 is 2.00 bits per heavy atom. The van der Waals surface area contributed by atoms with E-state index < -0.39 is 0 Å². The van der Waals surface area contributed by atoms with Crippen LogP contribution in [0, 0.1) is 5.92 Å². The Balaban J connectivity index is 2.19. The fourth-order valence-corrected chi connectivity index (χ4v) is 1.98. The minimum atomic E-state index is 0.0922. The molecule has 1 aromatic carbocycles. The summed E-state index contributed by atoms with van der Waals surface area (Å²) >= 11 is 0. The molecule has 94 valence electrons. The Kier molecular flexibility index (Phi) is 3.89. The molecule has 0 saturated heterocycles. The third-order valence-corrected chi connectivity index (χ3v) is 3.04. The molecule has 3 heteroatoms. The van der Waals surface area contributed by atoms with Crippen LogP contribution < -0.4 is 15.2 Å². The SMILES string of the molecule is CCCC(N)c1ccc2c(c1)OCC(C)CO2. The van der Waals surface area contributed by atoms with E-state index in [0.717, 1.165) is 29.9 Å². The minimum Gasteiger partial charge on any atom is -0.489 e. The van der Waals surface area contributed by atoms with Crippen molar-refractivity contribution in [1.29, 1.82) is 0 Å². The summed E-state index contributed by atoms with van der Waals surface area (Å²) < 4.78 is 11.4. The standard InChI is InChI=1S/C14H21NO2/c1-3-4-12(15)11-5-6-13-14(7-11)17-9-10(2)8-16-13/h5-7,10,12H,3-4,8-9,15H2,1-2H3. The lowest BCUT2D eigenvalue weighted by molar-refractivity contribution is 0.228. The van der Waals surface area contributed by atoms with E-state index in [2.05, 4.69) is 13.8 Å². The van der Waals surface area contributed by atoms with Gasteiger partial charge in [0.25, 0.3) is 0 Å². The van der Waals surface area contributed by atoms with Crippen molar-refractivity contribution in [3.05, 3.63) is 23.8 Å². The van der Waals surface area contributed by atoms with E-state index in [4.69, 9.17) is 15.2 Å². The molecule has 2 atom stereocenters. The van der Waals surface area contributed by atoms with Gasteiger partial charge in [-0.25, -0.2) is 0 Å². The van der Waals surface area contributed by atoms with Gasteiger partial charge in [-0.15, -0.1) is 0 Å². The molecule has 1 aliphatic rings. The lowest BCUT2D eigenvalue weighted by Gasteiger charge is -2.14. The molecule has 3 nitrogen and oxygen atoms in total. The maximum absolute atomic E-state index is 6.11. The summed E-state index contributed by atoms with van der Waals surface area (Å²) in [5.41, 5.74) is 7.24. The maximum atomic E-state index is 6.11. The molecule has 0 aliphatic carbocycles. The maximum Gasteiger partial charge on any atom is 0.161 e. The highest BCUT2D eigenvalue weighted by atomic mass is 16.5. The first kappa shape index (κ1) is 12.2. The second-order valence-electron chi connectivity index (χ2n) is 4.83. The first-order chi connectivity index (χ1) is 8.20. The fraction of sp³-hybridized carbons (Fsp3) is 0.571. The zero-order valence-corrected chi connectivity index (χ0v) is 10.6. The second-order valence-corrected chi connectivity index (χ2v) is 4.83. The van der Waals surface area contributed by atoms with E-state index in [1.54, 1.807) is 0 Å². The number of ether oxygens (including phenoxy) is 2. The molecule has 0 amide bonds. The van der Waals surface area contributed by atoms with Gasteiger partial charge in [0.15, 0.2) is 11.5 Å². The molecule has 0 bridgehead atoms. The van der Waals surface area contributed by atoms with Crippen molar-refractivity contribution in [2.24, 2.45) is 11.7 Å². The second kappa shape index (κ2) is 5.41. The summed E-state index contributed by atoms with van der Waals surface area (Å²) in [7, 11) is 0. The third-order valence-electron chi connectivity index (χ3n) is 3.04. The largest absolute Gasteiger partial charge is 0.489 e. The number of hydrogen-bond donors (Lipinski definition) is 1. The van der Waals surface area contributed by atoms with Crippen LogP contribution in [0.15, 0.2) is 18.2 Å². The highest BCUT2D eigenvalue weighted by Crippen LogP contribution is 2.33. The molecular formula is C14H21NO2. The smallest absolute Gasteiger partial charge is 0.161 e. The summed E-state index contributed by atoms with van der Waals surface area (Å²) in [5, 5.41) is 0. The summed E-state index contributed by atoms with van der Waals surface area (Å²) in [6.07, 6.45) is 2.09. The number of rotatable bonds is 3. The van der Waals surface area contributed by atoms with Gasteiger partial charge in [-0.2, -0.15) is 0 Å². The normalized spacial score (nSPS) is 20.8. The lowest BCUT2D eigenvalue weighted by atomic mass is 10.0. The molecule has 0 fully saturated rings. The van der Waals surface area contributed by atoms with Crippen LogP contribution in [0.25, 0.3) is 0 Å². The Labute approximate surface area is 103 Å². The van der Waals surface area contributed by atoms with Crippen molar-refractivity contribution in [2.45, 2.75) is 32.7 Å². The molecule has 17 heavy (non-hydrogen) atoms. The Morgan fingerprint density at radius 3 is 2.71 bits per heavy atom. The molecule has 0 saturated carbocycles. The third kappa shape index (κ3) is 2.91. The predicted octanol–water partition coefficient (Wildman–Crippen LogP) is 2.89. The average molecular weight is 235 g/mol. The van der Waals surface area contributed by atoms with E-state index in [-0.39, 0.29) is 6.04 Å². The molecule has 1 aliphatic heterocycles. The van der Waals surface area contributed by atoms with Crippen LogP contribution in [0.3, 0.4) is 0 Å². The van der Waals surface area contributed by atoms with E-state index in [1.807, 2.05) is 18.2 Å². The highest BCUT2D eigenvalue weighted by Gasteiger charge is 2.16. The number of nitrogens with two attached hydrogens (primary N) is 1. The van der Waals surface area contributed by atoms with Crippen molar-refractivity contribution in [3.63, 3.8) is 0 Å². The van der Waals surface area contributed by atoms with E-state index in [0.29, 0.717) is 19.1 Å². The zero-order chi connectivity index (χ0) is 12.3. The van der Waals surface area contributed by atoms with Crippen molar-refractivity contribution in [3.8, 4) is 11.5 Å². The van der Waals surface area contributed by atoms with Crippen LogP contribution in [-0.4, -0.2) is 13.2 Å². The lowest BCUT2D eigenvalue weighted by Crippen LogP contribution is -2.12. The Morgan fingerprint density at radius 1 is 1.29 bits per heavy atom. The average Bonchev–Trinajstić information content (AvgIpc) is 2.52. The van der Waals surface area contributed by atoms with Crippen LogP contribution in [0.2, 0.25) is 0 Å². The summed E-state index contributed by atoms with van der Waals surface area (Å²) in [6.45, 7) is 5.69. The van der Waals surface area contributed by atoms with Gasteiger partial charge in [0.05, 0.1) is 13.2 Å². The predicted molar refractivity (Wildman–Crippen MR) is 68.4 cm³/mol. The van der Waals surface area contributed by atoms with Crippen LogP contribution in [-0.2, 0) is 0 Å². The number of fused-ring (bicyclic) bond motifs is 1. The summed E-state index contributed by atoms with van der Waals surface area (Å²) in [5.74, 6) is 2.09. The van der Waals surface area contributed by atoms with Gasteiger partial charge in [-0.1, -0.05) is 26.3 Å². The van der Waals surface area contributed by atoms with Crippen molar-refractivity contribution >= 4 is 0 Å². The van der Waals surface area contributed by atoms with E-state index in [9.17, 15) is 0 Å². The van der Waals surface area contributed by atoms with Gasteiger partial charge in [-0.05, 0) is 24.1 Å². The zero-order valence-electron chi connectivity index (χ0n) is 10.6. The molecule has 2 rings (SSSR count). The molecule has 0 aromatic heterocycles. The molecule has 1 aromatic rings. The monoisotopic (exact) mass is 235 g/mol. The Bertz CT molecular complexity index is 378. The number of benzene rings is 1. The summed E-state index contributed by atoms with van der Waals surface area (Å²) in [6, 6.07) is 6.12.